The molecule has 0 unspecified atom stereocenters. The highest BCUT2D eigenvalue weighted by atomic mass is 35.5. The number of nitrogens with zero attached hydrogens (tertiary/aromatic N) is 1. The van der Waals surface area contributed by atoms with Gasteiger partial charge in [-0.3, -0.25) is 0 Å². The lowest BCUT2D eigenvalue weighted by molar-refractivity contribution is 0.321. The summed E-state index contributed by atoms with van der Waals surface area (Å²) >= 11 is 6.17. The van der Waals surface area contributed by atoms with Crippen LogP contribution in [0.3, 0.4) is 0 Å². The van der Waals surface area contributed by atoms with Crippen molar-refractivity contribution in [2.24, 2.45) is 5.16 Å². The molecule has 20 heavy (non-hydrogen) atoms. The first-order chi connectivity index (χ1) is 9.63. The Labute approximate surface area is 121 Å². The summed E-state index contributed by atoms with van der Waals surface area (Å²) in [6.45, 7) is 1.74. The van der Waals surface area contributed by atoms with Crippen LogP contribution >= 0.6 is 11.6 Å². The first-order valence-corrected chi connectivity index (χ1v) is 6.40. The number of rotatable bonds is 3. The van der Waals surface area contributed by atoms with Crippen LogP contribution in [0.4, 0.5) is 4.39 Å². The third-order valence-electron chi connectivity index (χ3n) is 2.92. The molecule has 0 spiro atoms. The molecule has 0 aliphatic carbocycles. The molecule has 2 aromatic carbocycles. The van der Waals surface area contributed by atoms with Gasteiger partial charge in [0, 0.05) is 5.56 Å². The van der Waals surface area contributed by atoms with Gasteiger partial charge < -0.3 is 5.21 Å². The van der Waals surface area contributed by atoms with Gasteiger partial charge in [-0.05, 0) is 29.7 Å². The lowest BCUT2D eigenvalue weighted by Crippen LogP contribution is -1.87. The van der Waals surface area contributed by atoms with Crippen molar-refractivity contribution in [2.75, 3.05) is 0 Å². The molecule has 2 aromatic rings. The van der Waals surface area contributed by atoms with Crippen LogP contribution in [0.5, 0.6) is 0 Å². The Balaban J connectivity index is 2.37. The molecule has 0 radical (unpaired) electrons. The monoisotopic (exact) mass is 289 g/mol. The van der Waals surface area contributed by atoms with Crippen molar-refractivity contribution in [3.05, 3.63) is 65.5 Å². The lowest BCUT2D eigenvalue weighted by Gasteiger charge is -2.06. The summed E-state index contributed by atoms with van der Waals surface area (Å²) in [7, 11) is 0. The van der Waals surface area contributed by atoms with Crippen molar-refractivity contribution >= 4 is 22.8 Å². The minimum Gasteiger partial charge on any atom is -0.411 e. The van der Waals surface area contributed by atoms with Gasteiger partial charge in [-0.15, -0.1) is 0 Å². The smallest absolute Gasteiger partial charge is 0.131 e. The Morgan fingerprint density at radius 1 is 1.15 bits per heavy atom. The maximum Gasteiger partial charge on any atom is 0.131 e. The van der Waals surface area contributed by atoms with Crippen molar-refractivity contribution in [1.82, 2.24) is 0 Å². The molecule has 4 heteroatoms. The highest BCUT2D eigenvalue weighted by molar-refractivity contribution is 6.50. The van der Waals surface area contributed by atoms with Gasteiger partial charge in [0.25, 0.3) is 0 Å². The van der Waals surface area contributed by atoms with Crippen LogP contribution in [-0.4, -0.2) is 11.4 Å². The summed E-state index contributed by atoms with van der Waals surface area (Å²) in [5.74, 6) is -0.259. The molecule has 1 N–H and O–H groups in total. The summed E-state index contributed by atoms with van der Waals surface area (Å²) in [6, 6.07) is 13.8. The molecule has 2 rings (SSSR count). The van der Waals surface area contributed by atoms with E-state index in [1.165, 1.54) is 12.3 Å². The van der Waals surface area contributed by atoms with E-state index in [4.69, 9.17) is 16.8 Å². The fraction of sp³-hybridized carbons (Fsp3) is 0.0625. The molecule has 2 nitrogen and oxygen atoms in total. The van der Waals surface area contributed by atoms with E-state index in [1.807, 2.05) is 0 Å². The highest BCUT2D eigenvalue weighted by Crippen LogP contribution is 2.27. The second kappa shape index (κ2) is 6.35. The molecule has 0 aromatic heterocycles. The normalized spacial score (nSPS) is 12.6. The number of halogens is 2. The number of hydrogen-bond donors (Lipinski definition) is 1. The van der Waals surface area contributed by atoms with Crippen LogP contribution in [0.25, 0.3) is 16.2 Å². The van der Waals surface area contributed by atoms with E-state index in [2.05, 4.69) is 5.16 Å². The SMILES string of the molecule is CC(/C=N/O)=C(\Cl)c1ccc(-c2ccccc2F)cc1. The summed E-state index contributed by atoms with van der Waals surface area (Å²) in [5, 5.41) is 11.9. The van der Waals surface area contributed by atoms with Gasteiger partial charge in [0.1, 0.15) is 5.82 Å². The zero-order chi connectivity index (χ0) is 14.5. The molecule has 0 aliphatic rings. The summed E-state index contributed by atoms with van der Waals surface area (Å²) in [5.41, 5.74) is 2.76. The lowest BCUT2D eigenvalue weighted by atomic mass is 10.0. The Morgan fingerprint density at radius 3 is 2.40 bits per heavy atom. The second-order valence-electron chi connectivity index (χ2n) is 4.30. The fourth-order valence-corrected chi connectivity index (χ4v) is 2.04. The maximum atomic E-state index is 13.7. The topological polar surface area (TPSA) is 32.6 Å². The van der Waals surface area contributed by atoms with Crippen molar-refractivity contribution in [2.45, 2.75) is 6.92 Å². The maximum absolute atomic E-state index is 13.7. The number of allylic oxidation sites excluding steroid dienone is 1. The summed E-state index contributed by atoms with van der Waals surface area (Å²) in [4.78, 5) is 0. The molecule has 0 atom stereocenters. The van der Waals surface area contributed by atoms with Gasteiger partial charge in [-0.25, -0.2) is 4.39 Å². The first-order valence-electron chi connectivity index (χ1n) is 6.02. The summed E-state index contributed by atoms with van der Waals surface area (Å²) < 4.78 is 13.7. The average molecular weight is 290 g/mol. The molecule has 0 saturated carbocycles. The van der Waals surface area contributed by atoms with Crippen LogP contribution in [0.2, 0.25) is 0 Å². The first kappa shape index (κ1) is 14.3. The Hall–Kier alpha value is -2.13. The Morgan fingerprint density at radius 2 is 1.80 bits per heavy atom. The second-order valence-corrected chi connectivity index (χ2v) is 4.68. The number of benzene rings is 2. The molecule has 0 aliphatic heterocycles. The number of hydrogen-bond acceptors (Lipinski definition) is 2. The molecule has 0 fully saturated rings. The Kier molecular flexibility index (Phi) is 4.53. The Bertz CT molecular complexity index is 662. The molecular formula is C16H13ClFNO. The van der Waals surface area contributed by atoms with Crippen LogP contribution in [-0.2, 0) is 0 Å². The van der Waals surface area contributed by atoms with E-state index < -0.39 is 0 Å². The molecule has 0 amide bonds. The standard InChI is InChI=1S/C16H13ClFNO/c1-11(10-19-20)16(17)13-8-6-12(7-9-13)14-4-2-3-5-15(14)18/h2-10,20H,1H3/b16-11+,19-10+. The van der Waals surface area contributed by atoms with Gasteiger partial charge in [-0.2, -0.15) is 0 Å². The van der Waals surface area contributed by atoms with Crippen molar-refractivity contribution in [3.63, 3.8) is 0 Å². The van der Waals surface area contributed by atoms with E-state index in [0.29, 0.717) is 16.2 Å². The van der Waals surface area contributed by atoms with Crippen molar-refractivity contribution < 1.29 is 9.60 Å². The van der Waals surface area contributed by atoms with Gasteiger partial charge in [0.2, 0.25) is 0 Å². The zero-order valence-corrected chi connectivity index (χ0v) is 11.6. The minimum absolute atomic E-state index is 0.259. The van der Waals surface area contributed by atoms with Crippen LogP contribution in [0.1, 0.15) is 12.5 Å². The van der Waals surface area contributed by atoms with E-state index in [0.717, 1.165) is 11.1 Å². The molecule has 0 heterocycles. The van der Waals surface area contributed by atoms with E-state index in [1.54, 1.807) is 49.4 Å². The molecular weight excluding hydrogens is 277 g/mol. The van der Waals surface area contributed by atoms with Crippen LogP contribution in [0.15, 0.2) is 59.3 Å². The number of oxime groups is 1. The van der Waals surface area contributed by atoms with Crippen molar-refractivity contribution in [1.29, 1.82) is 0 Å². The predicted molar refractivity (Wildman–Crippen MR) is 80.6 cm³/mol. The molecule has 0 saturated heterocycles. The van der Waals surface area contributed by atoms with Crippen LogP contribution < -0.4 is 0 Å². The van der Waals surface area contributed by atoms with E-state index >= 15 is 0 Å². The van der Waals surface area contributed by atoms with Crippen molar-refractivity contribution in [3.8, 4) is 11.1 Å². The minimum atomic E-state index is -0.259. The van der Waals surface area contributed by atoms with Gasteiger partial charge in [0.15, 0.2) is 0 Å². The molecule has 0 bridgehead atoms. The third-order valence-corrected chi connectivity index (χ3v) is 3.44. The van der Waals surface area contributed by atoms with Crippen LogP contribution in [0, 0.1) is 5.82 Å². The fourth-order valence-electron chi connectivity index (χ4n) is 1.86. The largest absolute Gasteiger partial charge is 0.411 e. The quantitative estimate of drug-likeness (QED) is 0.485. The average Bonchev–Trinajstić information content (AvgIpc) is 2.47. The third kappa shape index (κ3) is 3.06. The predicted octanol–water partition coefficient (Wildman–Crippen LogP) is 4.92. The molecule has 102 valence electrons. The van der Waals surface area contributed by atoms with E-state index in [-0.39, 0.29) is 5.82 Å². The van der Waals surface area contributed by atoms with Gasteiger partial charge in [-0.1, -0.05) is 59.2 Å². The highest BCUT2D eigenvalue weighted by Gasteiger charge is 2.06. The van der Waals surface area contributed by atoms with Gasteiger partial charge in [0.05, 0.1) is 11.2 Å². The van der Waals surface area contributed by atoms with Gasteiger partial charge >= 0.3 is 0 Å². The zero-order valence-electron chi connectivity index (χ0n) is 10.8. The summed E-state index contributed by atoms with van der Waals surface area (Å²) in [6.07, 6.45) is 1.27. The van der Waals surface area contributed by atoms with E-state index in [9.17, 15) is 4.39 Å².